The fourth-order valence-corrected chi connectivity index (χ4v) is 3.74. The van der Waals surface area contributed by atoms with Crippen LogP contribution in [0.3, 0.4) is 0 Å². The van der Waals surface area contributed by atoms with Crippen LogP contribution in [0.5, 0.6) is 5.75 Å². The number of fused-ring (bicyclic) bond motifs is 5. The standard InChI is InChI=1S/C17H4B7BrO2/c18-10-8-7-5-2-1-4(25)3-6(5)17(26)24-27-16(7)15(23)12(20)9(8)11(19)14(22)13(10)21/h1-3,26H. The van der Waals surface area contributed by atoms with Crippen LogP contribution in [0.15, 0.2) is 22.7 Å². The summed E-state index contributed by atoms with van der Waals surface area (Å²) in [6, 6.07) is 5.37. The van der Waals surface area contributed by atoms with Gasteiger partial charge in [0.2, 0.25) is 0 Å². The molecular formula is C17H4B7BrO2. The second kappa shape index (κ2) is 6.44. The monoisotopic (exact) mass is 396 g/mol. The van der Waals surface area contributed by atoms with Crippen LogP contribution in [0.4, 0.5) is 0 Å². The van der Waals surface area contributed by atoms with Gasteiger partial charge in [-0.3, -0.25) is 0 Å². The third-order valence-corrected chi connectivity index (χ3v) is 5.25. The second-order valence-electron chi connectivity index (χ2n) is 6.25. The zero-order valence-electron chi connectivity index (χ0n) is 14.0. The third-order valence-electron chi connectivity index (χ3n) is 4.76. The van der Waals surface area contributed by atoms with Crippen LogP contribution in [0.1, 0.15) is 5.56 Å². The van der Waals surface area contributed by atoms with Gasteiger partial charge in [-0.25, -0.2) is 0 Å². The summed E-state index contributed by atoms with van der Waals surface area (Å²) in [5.74, 6) is 0.253. The van der Waals surface area contributed by atoms with Crippen LogP contribution in [-0.4, -0.2) is 65.0 Å². The van der Waals surface area contributed by atoms with Crippen molar-refractivity contribution in [2.45, 2.75) is 0 Å². The Kier molecular flexibility index (Phi) is 4.46. The Morgan fingerprint density at radius 2 is 1.37 bits per heavy atom. The van der Waals surface area contributed by atoms with Crippen LogP contribution in [0, 0.1) is 0 Å². The minimum atomic E-state index is -0.0800. The van der Waals surface area contributed by atoms with E-state index in [1.54, 1.807) is 12.1 Å². The average Bonchev–Trinajstić information content (AvgIpc) is 2.78. The molecule has 27 heavy (non-hydrogen) atoms. The summed E-state index contributed by atoms with van der Waals surface area (Å²) in [6.45, 7) is 0. The molecule has 112 valence electrons. The van der Waals surface area contributed by atoms with Crippen LogP contribution in [0.2, 0.25) is 0 Å². The number of rotatable bonds is 0. The summed E-state index contributed by atoms with van der Waals surface area (Å²) in [7, 11) is 38.2. The van der Waals surface area contributed by atoms with E-state index in [1.807, 2.05) is 6.07 Å². The van der Waals surface area contributed by atoms with Gasteiger partial charge in [0, 0.05) is 0 Å². The Balaban J connectivity index is 2.32. The summed E-state index contributed by atoms with van der Waals surface area (Å²) in [5.41, 5.74) is 2.60. The Morgan fingerprint density at radius 3 is 2.04 bits per heavy atom. The fraction of sp³-hybridized carbons (Fsp3) is 0. The van der Waals surface area contributed by atoms with Crippen molar-refractivity contribution in [3.8, 4) is 16.9 Å². The van der Waals surface area contributed by atoms with Crippen molar-refractivity contribution < 1.29 is 9.76 Å². The Labute approximate surface area is 174 Å². The number of halogens is 1. The molecule has 0 atom stereocenters. The average molecular weight is 396 g/mol. The molecule has 1 N–H and O–H groups in total. The zero-order chi connectivity index (χ0) is 19.6. The molecule has 0 bridgehead atoms. The van der Waals surface area contributed by atoms with Gasteiger partial charge >= 0.3 is 174 Å². The Morgan fingerprint density at radius 1 is 0.778 bits per heavy atom. The number of hydrogen-bond donors (Lipinski definition) is 1. The summed E-state index contributed by atoms with van der Waals surface area (Å²) in [6.07, 6.45) is 0. The maximum atomic E-state index is 10.4. The summed E-state index contributed by atoms with van der Waals surface area (Å²) < 4.78 is 6.44. The molecule has 0 aliphatic carbocycles. The topological polar surface area (TPSA) is 29.5 Å². The fourth-order valence-electron chi connectivity index (χ4n) is 3.38. The number of aliphatic hydroxyl groups excluding tert-OH is 1. The van der Waals surface area contributed by atoms with E-state index < -0.39 is 0 Å². The number of hydrogen-bond acceptors (Lipinski definition) is 2. The van der Waals surface area contributed by atoms with E-state index in [0.29, 0.717) is 27.5 Å². The van der Waals surface area contributed by atoms with Crippen LogP contribution in [0.25, 0.3) is 21.9 Å². The SMILES string of the molecule is [B]c1c([B])c([B])c2c3c(c([B])c([B])c2c1[B])OB=C(O)c1cc(Br)ccc1-3. The molecule has 0 saturated carbocycles. The van der Waals surface area contributed by atoms with Crippen LogP contribution < -0.4 is 37.4 Å². The van der Waals surface area contributed by atoms with Gasteiger partial charge in [-0.15, -0.1) is 0 Å². The van der Waals surface area contributed by atoms with E-state index >= 15 is 0 Å². The van der Waals surface area contributed by atoms with Gasteiger partial charge in [0.15, 0.2) is 0 Å². The van der Waals surface area contributed by atoms with E-state index in [9.17, 15) is 5.11 Å². The maximum absolute atomic E-state index is 10.4. The zero-order valence-corrected chi connectivity index (χ0v) is 15.6. The molecular weight excluding hydrogens is 392 g/mol. The van der Waals surface area contributed by atoms with E-state index in [0.717, 1.165) is 4.47 Å². The predicted octanol–water partition coefficient (Wildman–Crippen LogP) is -3.11. The Bertz CT molecular complexity index is 1190. The molecule has 0 unspecified atom stereocenters. The van der Waals surface area contributed by atoms with Crippen molar-refractivity contribution in [3.05, 3.63) is 28.2 Å². The van der Waals surface area contributed by atoms with Crippen molar-refractivity contribution in [3.63, 3.8) is 0 Å². The molecule has 1 heterocycles. The molecule has 10 heteroatoms. The summed E-state index contributed by atoms with van der Waals surface area (Å²) in [5, 5.41) is 11.3. The minimum absolute atomic E-state index is 0.0800. The molecule has 0 aromatic heterocycles. The summed E-state index contributed by atoms with van der Waals surface area (Å²) >= 11 is 3.40. The van der Waals surface area contributed by atoms with Gasteiger partial charge in [-0.05, 0) is 0 Å². The normalized spacial score (nSPS) is 12.4. The third kappa shape index (κ3) is 2.60. The van der Waals surface area contributed by atoms with E-state index in [-0.39, 0.29) is 44.2 Å². The molecule has 12 radical (unpaired) electrons. The van der Waals surface area contributed by atoms with Crippen molar-refractivity contribution in [2.24, 2.45) is 0 Å². The first-order valence-electron chi connectivity index (χ1n) is 7.86. The summed E-state index contributed by atoms with van der Waals surface area (Å²) in [4.78, 5) is 0. The molecule has 0 saturated heterocycles. The van der Waals surface area contributed by atoms with Crippen molar-refractivity contribution in [2.75, 3.05) is 0 Å². The second-order valence-corrected chi connectivity index (χ2v) is 7.16. The molecule has 3 aromatic carbocycles. The first-order chi connectivity index (χ1) is 12.7. The van der Waals surface area contributed by atoms with E-state index in [2.05, 4.69) is 15.9 Å². The van der Waals surface area contributed by atoms with Gasteiger partial charge in [-0.2, -0.15) is 0 Å². The molecule has 1 aliphatic heterocycles. The molecule has 0 amide bonds. The molecule has 0 spiro atoms. The first-order valence-corrected chi connectivity index (χ1v) is 8.65. The molecule has 3 aromatic rings. The molecule has 0 fully saturated rings. The van der Waals surface area contributed by atoms with E-state index in [4.69, 9.17) is 51.7 Å². The first kappa shape index (κ1) is 18.7. The van der Waals surface area contributed by atoms with Gasteiger partial charge in [0.1, 0.15) is 0 Å². The molecule has 1 aliphatic rings. The van der Waals surface area contributed by atoms with Gasteiger partial charge in [0.25, 0.3) is 0 Å². The van der Waals surface area contributed by atoms with Crippen molar-refractivity contribution >= 4 is 119 Å². The predicted molar refractivity (Wildman–Crippen MR) is 122 cm³/mol. The number of benzene rings is 3. The van der Waals surface area contributed by atoms with E-state index in [1.165, 1.54) is 7.12 Å². The van der Waals surface area contributed by atoms with Crippen molar-refractivity contribution in [1.29, 1.82) is 0 Å². The molecule has 4 rings (SSSR count). The molecule has 2 nitrogen and oxygen atoms in total. The van der Waals surface area contributed by atoms with Gasteiger partial charge in [0.05, 0.1) is 0 Å². The van der Waals surface area contributed by atoms with Crippen LogP contribution >= 0.6 is 15.9 Å². The quantitative estimate of drug-likeness (QED) is 0.409. The van der Waals surface area contributed by atoms with Crippen LogP contribution in [-0.2, 0) is 0 Å². The Hall–Kier alpha value is -1.68. The van der Waals surface area contributed by atoms with Crippen molar-refractivity contribution in [1.82, 2.24) is 0 Å². The number of aliphatic hydroxyl groups is 1. The van der Waals surface area contributed by atoms with Gasteiger partial charge < -0.3 is 0 Å². The van der Waals surface area contributed by atoms with Gasteiger partial charge in [-0.1, -0.05) is 0 Å².